The van der Waals surface area contributed by atoms with Crippen molar-refractivity contribution in [1.82, 2.24) is 9.88 Å². The molecule has 0 spiro atoms. The maximum atomic E-state index is 13.5. The Balaban J connectivity index is 2.06. The number of nitrogens with zero attached hydrogens (tertiary/aromatic N) is 2. The van der Waals surface area contributed by atoms with Crippen LogP contribution in [0.3, 0.4) is 0 Å². The molecule has 2 aromatic rings. The third-order valence-corrected chi connectivity index (χ3v) is 3.03. The van der Waals surface area contributed by atoms with Crippen molar-refractivity contribution < 1.29 is 13.6 Å². The lowest BCUT2D eigenvalue weighted by molar-refractivity contribution is 0.0934. The van der Waals surface area contributed by atoms with Crippen molar-refractivity contribution in [2.24, 2.45) is 0 Å². The van der Waals surface area contributed by atoms with Crippen LogP contribution in [0.5, 0.6) is 0 Å². The second kappa shape index (κ2) is 6.54. The maximum absolute atomic E-state index is 13.5. The quantitative estimate of drug-likeness (QED) is 0.794. The van der Waals surface area contributed by atoms with Crippen LogP contribution in [0.4, 0.5) is 8.78 Å². The van der Waals surface area contributed by atoms with Crippen molar-refractivity contribution in [3.05, 3.63) is 65.0 Å². The van der Waals surface area contributed by atoms with E-state index in [9.17, 15) is 13.6 Å². The molecule has 0 aliphatic rings. The summed E-state index contributed by atoms with van der Waals surface area (Å²) < 4.78 is 27.1. The molecular formula is C16H16F2N2O. The molecule has 21 heavy (non-hydrogen) atoms. The van der Waals surface area contributed by atoms with Crippen molar-refractivity contribution >= 4 is 5.78 Å². The monoisotopic (exact) mass is 290 g/mol. The van der Waals surface area contributed by atoms with Crippen LogP contribution in [0.25, 0.3) is 0 Å². The van der Waals surface area contributed by atoms with Gasteiger partial charge in [0.05, 0.1) is 17.8 Å². The third kappa shape index (κ3) is 3.92. The minimum Gasteiger partial charge on any atom is -0.293 e. The molecule has 0 aliphatic heterocycles. The maximum Gasteiger partial charge on any atom is 0.182 e. The average molecular weight is 290 g/mol. The summed E-state index contributed by atoms with van der Waals surface area (Å²) in [6, 6.07) is 9.00. The molecule has 3 nitrogen and oxygen atoms in total. The van der Waals surface area contributed by atoms with E-state index >= 15 is 0 Å². The number of carbonyl (C=O) groups is 1. The van der Waals surface area contributed by atoms with E-state index < -0.39 is 23.0 Å². The summed E-state index contributed by atoms with van der Waals surface area (Å²) >= 11 is 0. The van der Waals surface area contributed by atoms with E-state index in [0.717, 1.165) is 23.5 Å². The first-order valence-electron chi connectivity index (χ1n) is 6.55. The summed E-state index contributed by atoms with van der Waals surface area (Å²) in [4.78, 5) is 18.0. The summed E-state index contributed by atoms with van der Waals surface area (Å²) in [6.45, 7) is 2.24. The Bertz CT molecular complexity index is 638. The van der Waals surface area contributed by atoms with Crippen LogP contribution < -0.4 is 0 Å². The first-order valence-corrected chi connectivity index (χ1v) is 6.55. The fourth-order valence-corrected chi connectivity index (χ4v) is 2.11. The molecule has 0 saturated carbocycles. The summed E-state index contributed by atoms with van der Waals surface area (Å²) in [5, 5.41) is 0. The number of aromatic nitrogens is 1. The topological polar surface area (TPSA) is 33.2 Å². The number of carbonyl (C=O) groups excluding carboxylic acids is 1. The minimum atomic E-state index is -0.831. The highest BCUT2D eigenvalue weighted by Crippen LogP contribution is 2.13. The highest BCUT2D eigenvalue weighted by molar-refractivity contribution is 5.98. The van der Waals surface area contributed by atoms with Gasteiger partial charge in [0, 0.05) is 12.2 Å². The molecular weight excluding hydrogens is 274 g/mol. The van der Waals surface area contributed by atoms with E-state index in [1.54, 1.807) is 11.9 Å². The number of hydrogen-bond acceptors (Lipinski definition) is 3. The molecule has 1 aromatic heterocycles. The van der Waals surface area contributed by atoms with E-state index in [0.29, 0.717) is 6.54 Å². The van der Waals surface area contributed by atoms with Gasteiger partial charge in [0.25, 0.3) is 0 Å². The summed E-state index contributed by atoms with van der Waals surface area (Å²) in [5.74, 6) is -2.25. The molecule has 0 fully saturated rings. The molecule has 110 valence electrons. The summed E-state index contributed by atoms with van der Waals surface area (Å²) in [5.41, 5.74) is 1.20. The number of Topliss-reactive ketones (excluding diaryl/α,β-unsaturated/α-hetero) is 1. The van der Waals surface area contributed by atoms with Crippen LogP contribution in [0.1, 0.15) is 21.7 Å². The number of hydrogen-bond donors (Lipinski definition) is 0. The third-order valence-electron chi connectivity index (χ3n) is 3.03. The van der Waals surface area contributed by atoms with Gasteiger partial charge in [-0.3, -0.25) is 14.7 Å². The molecule has 0 amide bonds. The van der Waals surface area contributed by atoms with Crippen molar-refractivity contribution in [3.63, 3.8) is 0 Å². The van der Waals surface area contributed by atoms with E-state index in [4.69, 9.17) is 0 Å². The van der Waals surface area contributed by atoms with Crippen molar-refractivity contribution in [2.75, 3.05) is 13.6 Å². The van der Waals surface area contributed by atoms with E-state index in [-0.39, 0.29) is 6.54 Å². The van der Waals surface area contributed by atoms with Gasteiger partial charge in [-0.2, -0.15) is 0 Å². The normalized spacial score (nSPS) is 10.9. The molecule has 0 aliphatic carbocycles. The molecule has 1 heterocycles. The number of ketones is 1. The fourth-order valence-electron chi connectivity index (χ4n) is 2.11. The molecule has 2 rings (SSSR count). The van der Waals surface area contributed by atoms with Crippen LogP contribution in [-0.2, 0) is 6.54 Å². The predicted molar refractivity (Wildman–Crippen MR) is 76.0 cm³/mol. The highest BCUT2D eigenvalue weighted by atomic mass is 19.1. The Labute approximate surface area is 122 Å². The number of aryl methyl sites for hydroxylation is 1. The van der Waals surface area contributed by atoms with Gasteiger partial charge in [0.2, 0.25) is 0 Å². The molecule has 0 atom stereocenters. The van der Waals surface area contributed by atoms with Crippen LogP contribution in [-0.4, -0.2) is 29.3 Å². The fraction of sp³-hybridized carbons (Fsp3) is 0.250. The summed E-state index contributed by atoms with van der Waals surface area (Å²) in [6.07, 6.45) is 0. The van der Waals surface area contributed by atoms with Crippen molar-refractivity contribution in [2.45, 2.75) is 13.5 Å². The van der Waals surface area contributed by atoms with Crippen LogP contribution in [0.15, 0.2) is 36.4 Å². The van der Waals surface area contributed by atoms with Crippen molar-refractivity contribution in [3.8, 4) is 0 Å². The number of benzene rings is 1. The van der Waals surface area contributed by atoms with Gasteiger partial charge in [-0.1, -0.05) is 12.1 Å². The Morgan fingerprint density at radius 1 is 1.14 bits per heavy atom. The summed E-state index contributed by atoms with van der Waals surface area (Å²) in [7, 11) is 1.71. The van der Waals surface area contributed by atoms with Crippen LogP contribution in [0.2, 0.25) is 0 Å². The largest absolute Gasteiger partial charge is 0.293 e. The van der Waals surface area contributed by atoms with Gasteiger partial charge in [0.15, 0.2) is 5.78 Å². The molecule has 0 N–H and O–H groups in total. The zero-order valence-corrected chi connectivity index (χ0v) is 11.9. The molecule has 0 radical (unpaired) electrons. The lowest BCUT2D eigenvalue weighted by atomic mass is 10.1. The minimum absolute atomic E-state index is 0.0759. The van der Waals surface area contributed by atoms with Crippen molar-refractivity contribution in [1.29, 1.82) is 0 Å². The van der Waals surface area contributed by atoms with E-state index in [1.165, 1.54) is 6.07 Å². The second-order valence-electron chi connectivity index (χ2n) is 4.96. The lowest BCUT2D eigenvalue weighted by Crippen LogP contribution is -2.27. The average Bonchev–Trinajstić information content (AvgIpc) is 2.38. The number of halogens is 2. The molecule has 5 heteroatoms. The predicted octanol–water partition coefficient (Wildman–Crippen LogP) is 2.98. The van der Waals surface area contributed by atoms with Crippen LogP contribution >= 0.6 is 0 Å². The van der Waals surface area contributed by atoms with Gasteiger partial charge in [-0.15, -0.1) is 0 Å². The van der Waals surface area contributed by atoms with Gasteiger partial charge < -0.3 is 0 Å². The molecule has 0 bridgehead atoms. The second-order valence-corrected chi connectivity index (χ2v) is 4.96. The zero-order valence-electron chi connectivity index (χ0n) is 11.9. The number of likely N-dealkylation sites (N-methyl/N-ethyl adjacent to an activating group) is 1. The zero-order chi connectivity index (χ0) is 15.4. The SMILES string of the molecule is Cc1cccc(CN(C)CC(=O)c2c(F)cccc2F)n1. The van der Waals surface area contributed by atoms with Gasteiger partial charge in [-0.05, 0) is 38.2 Å². The Morgan fingerprint density at radius 3 is 2.38 bits per heavy atom. The van der Waals surface area contributed by atoms with Crippen LogP contribution in [0, 0.1) is 18.6 Å². The molecule has 0 unspecified atom stereocenters. The van der Waals surface area contributed by atoms with E-state index in [2.05, 4.69) is 4.98 Å². The first-order chi connectivity index (χ1) is 9.97. The molecule has 0 saturated heterocycles. The number of pyridine rings is 1. The first kappa shape index (κ1) is 15.3. The van der Waals surface area contributed by atoms with Gasteiger partial charge in [-0.25, -0.2) is 8.78 Å². The number of rotatable bonds is 5. The van der Waals surface area contributed by atoms with Gasteiger partial charge >= 0.3 is 0 Å². The molecule has 1 aromatic carbocycles. The Kier molecular flexibility index (Phi) is 4.75. The smallest absolute Gasteiger partial charge is 0.182 e. The highest BCUT2D eigenvalue weighted by Gasteiger charge is 2.18. The lowest BCUT2D eigenvalue weighted by Gasteiger charge is -2.16. The Morgan fingerprint density at radius 2 is 1.76 bits per heavy atom. The van der Waals surface area contributed by atoms with Gasteiger partial charge in [0.1, 0.15) is 11.6 Å². The van der Waals surface area contributed by atoms with E-state index in [1.807, 2.05) is 25.1 Å². The standard InChI is InChI=1S/C16H16F2N2O/c1-11-5-3-6-12(19-11)9-20(2)10-15(21)16-13(17)7-4-8-14(16)18/h3-8H,9-10H2,1-2H3. The Hall–Kier alpha value is -2.14.